The average molecular weight is 429 g/mol. The second-order valence-electron chi connectivity index (χ2n) is 8.02. The van der Waals surface area contributed by atoms with E-state index in [0.717, 1.165) is 59.7 Å². The third-order valence-electron chi connectivity index (χ3n) is 5.88. The molecule has 162 valence electrons. The van der Waals surface area contributed by atoms with Gasteiger partial charge in [0, 0.05) is 54.4 Å². The number of hydrogen-bond donors (Lipinski definition) is 1. The van der Waals surface area contributed by atoms with Crippen LogP contribution in [0.4, 0.5) is 17.2 Å². The summed E-state index contributed by atoms with van der Waals surface area (Å²) in [5.74, 6) is 1.22. The summed E-state index contributed by atoms with van der Waals surface area (Å²) < 4.78 is 0. The second kappa shape index (κ2) is 8.01. The molecule has 0 aliphatic carbocycles. The molecule has 9 heteroatoms. The zero-order valence-electron chi connectivity index (χ0n) is 17.7. The van der Waals surface area contributed by atoms with Gasteiger partial charge in [-0.1, -0.05) is 24.3 Å². The molecule has 2 N–H and O–H groups in total. The van der Waals surface area contributed by atoms with Crippen molar-refractivity contribution < 1.29 is 4.92 Å². The number of nitrogen functional groups attached to an aromatic ring is 1. The van der Waals surface area contributed by atoms with Crippen LogP contribution in [0.3, 0.4) is 0 Å². The number of anilines is 2. The number of pyridine rings is 1. The largest absolute Gasteiger partial charge is 0.383 e. The molecule has 1 fully saturated rings. The van der Waals surface area contributed by atoms with E-state index < -0.39 is 0 Å². The van der Waals surface area contributed by atoms with Gasteiger partial charge in [-0.2, -0.15) is 0 Å². The van der Waals surface area contributed by atoms with Crippen LogP contribution in [-0.2, 0) is 6.54 Å². The highest BCUT2D eigenvalue weighted by Crippen LogP contribution is 2.32. The van der Waals surface area contributed by atoms with E-state index in [9.17, 15) is 10.1 Å². The number of nitro groups is 1. The SMILES string of the molecule is Cc1cc(N2CCN(Cc3nc(N)c4ccccc4n3)CC2)c2cccc([N+](=O)[O-])c2n1. The Morgan fingerprint density at radius 2 is 1.75 bits per heavy atom. The van der Waals surface area contributed by atoms with Crippen molar-refractivity contribution in [2.75, 3.05) is 36.8 Å². The molecule has 3 heterocycles. The molecule has 0 saturated carbocycles. The Balaban J connectivity index is 1.36. The van der Waals surface area contributed by atoms with Crippen LogP contribution in [-0.4, -0.2) is 51.0 Å². The van der Waals surface area contributed by atoms with Gasteiger partial charge in [0.15, 0.2) is 5.52 Å². The molecule has 4 aromatic rings. The highest BCUT2D eigenvalue weighted by Gasteiger charge is 2.23. The summed E-state index contributed by atoms with van der Waals surface area (Å²) >= 11 is 0. The minimum Gasteiger partial charge on any atom is -0.383 e. The summed E-state index contributed by atoms with van der Waals surface area (Å²) in [6.45, 7) is 5.75. The van der Waals surface area contributed by atoms with Gasteiger partial charge >= 0.3 is 0 Å². The number of para-hydroxylation sites is 2. The van der Waals surface area contributed by atoms with Gasteiger partial charge in [0.2, 0.25) is 0 Å². The lowest BCUT2D eigenvalue weighted by Gasteiger charge is -2.36. The maximum Gasteiger partial charge on any atom is 0.295 e. The zero-order valence-corrected chi connectivity index (χ0v) is 17.7. The van der Waals surface area contributed by atoms with Crippen LogP contribution >= 0.6 is 0 Å². The molecule has 1 aliphatic heterocycles. The zero-order chi connectivity index (χ0) is 22.2. The molecule has 5 rings (SSSR count). The lowest BCUT2D eigenvalue weighted by Crippen LogP contribution is -2.46. The van der Waals surface area contributed by atoms with Gasteiger partial charge < -0.3 is 10.6 Å². The fraction of sp³-hybridized carbons (Fsp3) is 0.261. The molecular formula is C23H23N7O2. The van der Waals surface area contributed by atoms with Crippen molar-refractivity contribution in [3.05, 3.63) is 70.2 Å². The van der Waals surface area contributed by atoms with Crippen molar-refractivity contribution in [3.8, 4) is 0 Å². The third kappa shape index (κ3) is 3.67. The number of non-ortho nitro benzene ring substituents is 1. The minimum absolute atomic E-state index is 0.0390. The Hall–Kier alpha value is -3.85. The molecule has 9 nitrogen and oxygen atoms in total. The van der Waals surface area contributed by atoms with Crippen LogP contribution in [0.2, 0.25) is 0 Å². The first-order valence-corrected chi connectivity index (χ1v) is 10.5. The Labute approximate surface area is 184 Å². The Kier molecular flexibility index (Phi) is 5.02. The number of nitro benzene ring substituents is 1. The summed E-state index contributed by atoms with van der Waals surface area (Å²) in [7, 11) is 0. The van der Waals surface area contributed by atoms with Gasteiger partial charge in [-0.05, 0) is 25.1 Å². The summed E-state index contributed by atoms with van der Waals surface area (Å²) in [4.78, 5) is 29.3. The normalized spacial score (nSPS) is 14.8. The molecule has 0 amide bonds. The van der Waals surface area contributed by atoms with E-state index in [1.54, 1.807) is 6.07 Å². The molecule has 32 heavy (non-hydrogen) atoms. The number of fused-ring (bicyclic) bond motifs is 2. The van der Waals surface area contributed by atoms with Crippen LogP contribution < -0.4 is 10.6 Å². The van der Waals surface area contributed by atoms with Crippen molar-refractivity contribution in [2.45, 2.75) is 13.5 Å². The topological polar surface area (TPSA) is 114 Å². The summed E-state index contributed by atoms with van der Waals surface area (Å²) in [6.07, 6.45) is 0. The van der Waals surface area contributed by atoms with E-state index in [1.165, 1.54) is 6.07 Å². The van der Waals surface area contributed by atoms with Crippen molar-refractivity contribution >= 4 is 39.0 Å². The molecular weight excluding hydrogens is 406 g/mol. The Morgan fingerprint density at radius 3 is 2.53 bits per heavy atom. The van der Waals surface area contributed by atoms with Crippen molar-refractivity contribution in [1.29, 1.82) is 0 Å². The monoisotopic (exact) mass is 429 g/mol. The second-order valence-corrected chi connectivity index (χ2v) is 8.02. The first kappa shape index (κ1) is 20.1. The highest BCUT2D eigenvalue weighted by molar-refractivity contribution is 5.97. The fourth-order valence-electron chi connectivity index (χ4n) is 4.32. The van der Waals surface area contributed by atoms with Crippen LogP contribution in [0.5, 0.6) is 0 Å². The van der Waals surface area contributed by atoms with Crippen LogP contribution in [0, 0.1) is 17.0 Å². The number of nitrogens with two attached hydrogens (primary N) is 1. The number of benzene rings is 2. The van der Waals surface area contributed by atoms with Gasteiger partial charge in [-0.25, -0.2) is 15.0 Å². The van der Waals surface area contributed by atoms with Crippen LogP contribution in [0.1, 0.15) is 11.5 Å². The van der Waals surface area contributed by atoms with Gasteiger partial charge in [-0.3, -0.25) is 15.0 Å². The van der Waals surface area contributed by atoms with Gasteiger partial charge in [-0.15, -0.1) is 0 Å². The summed E-state index contributed by atoms with van der Waals surface area (Å²) in [5.41, 5.74) is 9.22. The first-order valence-electron chi connectivity index (χ1n) is 10.5. The Bertz CT molecular complexity index is 1330. The van der Waals surface area contributed by atoms with E-state index in [0.29, 0.717) is 17.9 Å². The smallest absolute Gasteiger partial charge is 0.295 e. The maximum atomic E-state index is 11.5. The van der Waals surface area contributed by atoms with Gasteiger partial charge in [0.05, 0.1) is 17.0 Å². The number of piperazine rings is 1. The minimum atomic E-state index is -0.369. The molecule has 2 aromatic heterocycles. The highest BCUT2D eigenvalue weighted by atomic mass is 16.6. The third-order valence-corrected chi connectivity index (χ3v) is 5.88. The molecule has 0 unspecified atom stereocenters. The molecule has 1 saturated heterocycles. The molecule has 2 aromatic carbocycles. The van der Waals surface area contributed by atoms with Crippen molar-refractivity contribution in [1.82, 2.24) is 19.9 Å². The molecule has 0 bridgehead atoms. The van der Waals surface area contributed by atoms with E-state index in [4.69, 9.17) is 5.73 Å². The van der Waals surface area contributed by atoms with Gasteiger partial charge in [0.1, 0.15) is 11.6 Å². The van der Waals surface area contributed by atoms with Crippen LogP contribution in [0.15, 0.2) is 48.5 Å². The molecule has 0 atom stereocenters. The molecule has 0 spiro atoms. The summed E-state index contributed by atoms with van der Waals surface area (Å²) in [6, 6.07) is 14.9. The van der Waals surface area contributed by atoms with Gasteiger partial charge in [0.25, 0.3) is 5.69 Å². The van der Waals surface area contributed by atoms with E-state index in [1.807, 2.05) is 43.3 Å². The Morgan fingerprint density at radius 1 is 1.00 bits per heavy atom. The molecule has 0 radical (unpaired) electrons. The summed E-state index contributed by atoms with van der Waals surface area (Å²) in [5, 5.41) is 13.1. The number of rotatable bonds is 4. The first-order chi connectivity index (χ1) is 15.5. The van der Waals surface area contributed by atoms with E-state index in [2.05, 4.69) is 24.8 Å². The lowest BCUT2D eigenvalue weighted by atomic mass is 10.1. The number of nitrogens with zero attached hydrogens (tertiary/aromatic N) is 6. The van der Waals surface area contributed by atoms with Crippen molar-refractivity contribution in [3.63, 3.8) is 0 Å². The average Bonchev–Trinajstić information content (AvgIpc) is 2.78. The van der Waals surface area contributed by atoms with Crippen LogP contribution in [0.25, 0.3) is 21.8 Å². The maximum absolute atomic E-state index is 11.5. The van der Waals surface area contributed by atoms with E-state index >= 15 is 0 Å². The predicted octanol–water partition coefficient (Wildman–Crippen LogP) is 3.30. The number of aryl methyl sites for hydroxylation is 1. The standard InChI is InChI=1S/C23H23N7O2/c1-15-13-20(17-6-4-8-19(30(31)32)22(17)25-15)29-11-9-28(10-12-29)14-21-26-18-7-3-2-5-16(18)23(24)27-21/h2-8,13H,9-12,14H2,1H3,(H2,24,26,27). The van der Waals surface area contributed by atoms with E-state index in [-0.39, 0.29) is 10.6 Å². The lowest BCUT2D eigenvalue weighted by molar-refractivity contribution is -0.383. The van der Waals surface area contributed by atoms with Crippen molar-refractivity contribution in [2.24, 2.45) is 0 Å². The number of hydrogen-bond acceptors (Lipinski definition) is 8. The predicted molar refractivity (Wildman–Crippen MR) is 125 cm³/mol. The molecule has 1 aliphatic rings. The fourth-order valence-corrected chi connectivity index (χ4v) is 4.32. The number of aromatic nitrogens is 3. The quantitative estimate of drug-likeness (QED) is 0.388.